The van der Waals surface area contributed by atoms with Crippen molar-refractivity contribution >= 4 is 17.5 Å². The fraction of sp³-hybridized carbons (Fsp3) is 0.538. The number of nitrogens with zero attached hydrogens (tertiary/aromatic N) is 3. The average Bonchev–Trinajstić information content (AvgIpc) is 2.87. The number of aliphatic carboxylic acids is 2. The summed E-state index contributed by atoms with van der Waals surface area (Å²) >= 11 is 0. The van der Waals surface area contributed by atoms with Crippen LogP contribution in [0.3, 0.4) is 0 Å². The molecular formula is C13H19N3O5. The van der Waals surface area contributed by atoms with Crippen LogP contribution in [-0.2, 0) is 9.59 Å². The Morgan fingerprint density at radius 3 is 2.52 bits per heavy atom. The van der Waals surface area contributed by atoms with Gasteiger partial charge < -0.3 is 14.7 Å². The van der Waals surface area contributed by atoms with Gasteiger partial charge in [0.05, 0.1) is 0 Å². The molecule has 1 aromatic heterocycles. The number of hydrogen-bond acceptors (Lipinski definition) is 6. The number of aromatic nitrogens is 2. The fourth-order valence-corrected chi connectivity index (χ4v) is 1.90. The second kappa shape index (κ2) is 8.15. The highest BCUT2D eigenvalue weighted by Crippen LogP contribution is 2.19. The summed E-state index contributed by atoms with van der Waals surface area (Å²) in [5.74, 6) is -2.25. The molecule has 0 spiro atoms. The van der Waals surface area contributed by atoms with E-state index in [4.69, 9.17) is 24.3 Å². The minimum absolute atomic E-state index is 0.688. The lowest BCUT2D eigenvalue weighted by atomic mass is 10.1. The van der Waals surface area contributed by atoms with Gasteiger partial charge in [0.1, 0.15) is 0 Å². The van der Waals surface area contributed by atoms with Crippen molar-refractivity contribution < 1.29 is 24.3 Å². The Morgan fingerprint density at radius 1 is 1.38 bits per heavy atom. The molecule has 0 aliphatic carbocycles. The molecular weight excluding hydrogens is 278 g/mol. The van der Waals surface area contributed by atoms with Crippen molar-refractivity contribution in [2.24, 2.45) is 0 Å². The minimum atomic E-state index is -1.82. The lowest BCUT2D eigenvalue weighted by Gasteiger charge is -2.25. The van der Waals surface area contributed by atoms with E-state index in [1.165, 1.54) is 12.0 Å². The predicted molar refractivity (Wildman–Crippen MR) is 73.6 cm³/mol. The molecule has 116 valence electrons. The van der Waals surface area contributed by atoms with Crippen LogP contribution < -0.4 is 0 Å². The van der Waals surface area contributed by atoms with Crippen molar-refractivity contribution in [2.45, 2.75) is 26.7 Å². The van der Waals surface area contributed by atoms with Gasteiger partial charge in [0.15, 0.2) is 5.82 Å². The Labute approximate surface area is 122 Å². The third kappa shape index (κ3) is 5.74. The van der Waals surface area contributed by atoms with Crippen LogP contribution >= 0.6 is 0 Å². The van der Waals surface area contributed by atoms with Gasteiger partial charge in [-0.15, -0.1) is 0 Å². The molecule has 0 amide bonds. The molecule has 0 fully saturated rings. The van der Waals surface area contributed by atoms with Crippen molar-refractivity contribution in [2.75, 3.05) is 19.6 Å². The molecule has 2 heterocycles. The number of carboxylic acid groups (broad SMARTS) is 2. The predicted octanol–water partition coefficient (Wildman–Crippen LogP) is 1.03. The third-order valence-electron chi connectivity index (χ3n) is 2.76. The van der Waals surface area contributed by atoms with Gasteiger partial charge in [0.2, 0.25) is 0 Å². The lowest BCUT2D eigenvalue weighted by molar-refractivity contribution is -0.159. The van der Waals surface area contributed by atoms with Crippen molar-refractivity contribution in [3.8, 4) is 0 Å². The molecule has 2 rings (SSSR count). The third-order valence-corrected chi connectivity index (χ3v) is 2.76. The van der Waals surface area contributed by atoms with Gasteiger partial charge in [-0.2, -0.15) is 4.98 Å². The smallest absolute Gasteiger partial charge is 0.414 e. The lowest BCUT2D eigenvalue weighted by Crippen LogP contribution is -2.30. The highest BCUT2D eigenvalue weighted by atomic mass is 16.5. The van der Waals surface area contributed by atoms with E-state index in [1.807, 2.05) is 6.92 Å². The molecule has 8 nitrogen and oxygen atoms in total. The van der Waals surface area contributed by atoms with Gasteiger partial charge in [-0.3, -0.25) is 4.90 Å². The van der Waals surface area contributed by atoms with Crippen LogP contribution in [0.5, 0.6) is 0 Å². The highest BCUT2D eigenvalue weighted by molar-refractivity contribution is 6.27. The quantitative estimate of drug-likeness (QED) is 0.794. The summed E-state index contributed by atoms with van der Waals surface area (Å²) in [4.78, 5) is 24.9. The SMILES string of the molecule is CCCN1CCC=C(c2nc(C)no2)C1.O=C(O)C(=O)O. The van der Waals surface area contributed by atoms with Crippen LogP contribution in [0.25, 0.3) is 5.57 Å². The first-order valence-electron chi connectivity index (χ1n) is 6.62. The topological polar surface area (TPSA) is 117 Å². The largest absolute Gasteiger partial charge is 0.473 e. The van der Waals surface area contributed by atoms with Crippen LogP contribution in [0.1, 0.15) is 31.5 Å². The maximum atomic E-state index is 9.10. The van der Waals surface area contributed by atoms with E-state index in [2.05, 4.69) is 28.0 Å². The molecule has 1 aliphatic rings. The van der Waals surface area contributed by atoms with Crippen LogP contribution in [0.4, 0.5) is 0 Å². The minimum Gasteiger partial charge on any atom is -0.473 e. The maximum Gasteiger partial charge on any atom is 0.414 e. The molecule has 8 heteroatoms. The van der Waals surface area contributed by atoms with Crippen LogP contribution in [0.15, 0.2) is 10.6 Å². The Morgan fingerprint density at radius 2 is 2.05 bits per heavy atom. The second-order valence-corrected chi connectivity index (χ2v) is 4.55. The van der Waals surface area contributed by atoms with Crippen molar-refractivity contribution in [3.05, 3.63) is 17.8 Å². The molecule has 1 aliphatic heterocycles. The van der Waals surface area contributed by atoms with E-state index >= 15 is 0 Å². The number of carbonyl (C=O) groups is 2. The van der Waals surface area contributed by atoms with Crippen molar-refractivity contribution in [1.82, 2.24) is 15.0 Å². The van der Waals surface area contributed by atoms with Gasteiger partial charge in [0, 0.05) is 18.7 Å². The van der Waals surface area contributed by atoms with Gasteiger partial charge in [0.25, 0.3) is 5.89 Å². The first-order chi connectivity index (χ1) is 9.93. The zero-order valence-corrected chi connectivity index (χ0v) is 12.1. The molecule has 0 aromatic carbocycles. The highest BCUT2D eigenvalue weighted by Gasteiger charge is 2.17. The second-order valence-electron chi connectivity index (χ2n) is 4.55. The van der Waals surface area contributed by atoms with Crippen molar-refractivity contribution in [3.63, 3.8) is 0 Å². The summed E-state index contributed by atoms with van der Waals surface area (Å²) in [6, 6.07) is 0. The molecule has 0 atom stereocenters. The van der Waals surface area contributed by atoms with E-state index < -0.39 is 11.9 Å². The molecule has 0 radical (unpaired) electrons. The standard InChI is InChI=1S/C11H17N3O.C2H2O4/c1-3-6-14-7-4-5-10(8-14)11-12-9(2)13-15-11;3-1(4)2(5)6/h5H,3-4,6-8H2,1-2H3;(H,3,4)(H,5,6). The van der Waals surface area contributed by atoms with Gasteiger partial charge in [-0.1, -0.05) is 18.2 Å². The Hall–Kier alpha value is -2.22. The zero-order chi connectivity index (χ0) is 15.8. The zero-order valence-electron chi connectivity index (χ0n) is 12.1. The molecule has 2 N–H and O–H groups in total. The van der Waals surface area contributed by atoms with E-state index in [-0.39, 0.29) is 0 Å². The van der Waals surface area contributed by atoms with Gasteiger partial charge in [-0.25, -0.2) is 9.59 Å². The summed E-state index contributed by atoms with van der Waals surface area (Å²) in [6.07, 6.45) is 4.48. The molecule has 1 aromatic rings. The monoisotopic (exact) mass is 297 g/mol. The normalized spacial score (nSPS) is 14.9. The van der Waals surface area contributed by atoms with Crippen molar-refractivity contribution in [1.29, 1.82) is 0 Å². The Bertz CT molecular complexity index is 512. The Kier molecular flexibility index (Phi) is 6.54. The summed E-state index contributed by atoms with van der Waals surface area (Å²) < 4.78 is 5.17. The van der Waals surface area contributed by atoms with Gasteiger partial charge in [-0.05, 0) is 26.3 Å². The number of aryl methyl sites for hydroxylation is 1. The molecule has 21 heavy (non-hydrogen) atoms. The van der Waals surface area contributed by atoms with Crippen LogP contribution in [0.2, 0.25) is 0 Å². The number of carboxylic acids is 2. The summed E-state index contributed by atoms with van der Waals surface area (Å²) in [6.45, 7) is 7.28. The van der Waals surface area contributed by atoms with Gasteiger partial charge >= 0.3 is 11.9 Å². The Balaban J connectivity index is 0.000000315. The van der Waals surface area contributed by atoms with E-state index in [1.54, 1.807) is 0 Å². The first-order valence-corrected chi connectivity index (χ1v) is 6.62. The number of hydrogen-bond donors (Lipinski definition) is 2. The fourth-order valence-electron chi connectivity index (χ4n) is 1.90. The maximum absolute atomic E-state index is 9.10. The van der Waals surface area contributed by atoms with E-state index in [0.29, 0.717) is 11.7 Å². The summed E-state index contributed by atoms with van der Waals surface area (Å²) in [7, 11) is 0. The first kappa shape index (κ1) is 16.8. The molecule has 0 saturated heterocycles. The average molecular weight is 297 g/mol. The van der Waals surface area contributed by atoms with Crippen LogP contribution in [0, 0.1) is 6.92 Å². The molecule has 0 saturated carbocycles. The van der Waals surface area contributed by atoms with Crippen LogP contribution in [-0.4, -0.2) is 56.8 Å². The molecule has 0 unspecified atom stereocenters. The van der Waals surface area contributed by atoms with E-state index in [0.717, 1.165) is 26.1 Å². The molecule has 0 bridgehead atoms. The van der Waals surface area contributed by atoms with E-state index in [9.17, 15) is 0 Å². The summed E-state index contributed by atoms with van der Waals surface area (Å²) in [5.41, 5.74) is 1.18. The number of rotatable bonds is 3. The summed E-state index contributed by atoms with van der Waals surface area (Å²) in [5, 5.41) is 18.6.